The number of para-hydroxylation sites is 1. The molecule has 0 bridgehead atoms. The molecule has 1 atom stereocenters. The molecule has 1 unspecified atom stereocenters. The van der Waals surface area contributed by atoms with Crippen LogP contribution in [0, 0.1) is 0 Å². The molecule has 1 rings (SSSR count). The predicted octanol–water partition coefficient (Wildman–Crippen LogP) is 1.97. The van der Waals surface area contributed by atoms with Crippen molar-refractivity contribution in [3.63, 3.8) is 0 Å². The first-order chi connectivity index (χ1) is 11.6. The molecule has 0 heterocycles. The minimum atomic E-state index is -1.35. The van der Waals surface area contributed by atoms with E-state index in [1.54, 1.807) is 24.3 Å². The van der Waals surface area contributed by atoms with E-state index in [1.165, 1.54) is 32.7 Å². The maximum absolute atomic E-state index is 12.6. The number of hydrogen-bond donors (Lipinski definition) is 2. The lowest BCUT2D eigenvalue weighted by molar-refractivity contribution is -0.155. The lowest BCUT2D eigenvalue weighted by atomic mass is 9.99. The maximum Gasteiger partial charge on any atom is 0.329 e. The minimum Gasteiger partial charge on any atom is -0.494 e. The summed E-state index contributed by atoms with van der Waals surface area (Å²) < 4.78 is 5.58. The van der Waals surface area contributed by atoms with Gasteiger partial charge in [0.25, 0.3) is 0 Å². The highest BCUT2D eigenvalue weighted by Crippen LogP contribution is 2.28. The molecule has 0 fully saturated rings. The summed E-state index contributed by atoms with van der Waals surface area (Å²) in [7, 11) is 1.44. The Labute approximate surface area is 148 Å². The first-order valence-electron chi connectivity index (χ1n) is 8.10. The van der Waals surface area contributed by atoms with Crippen LogP contribution in [0.4, 0.5) is 0 Å². The summed E-state index contributed by atoms with van der Waals surface area (Å²) in [5, 5.41) is 12.0. The summed E-state index contributed by atoms with van der Waals surface area (Å²) in [6.45, 7) is 6.57. The predicted molar refractivity (Wildman–Crippen MR) is 93.3 cm³/mol. The van der Waals surface area contributed by atoms with Crippen molar-refractivity contribution >= 4 is 17.8 Å². The van der Waals surface area contributed by atoms with Crippen LogP contribution in [0.2, 0.25) is 0 Å². The largest absolute Gasteiger partial charge is 0.494 e. The van der Waals surface area contributed by atoms with Gasteiger partial charge in [0, 0.05) is 19.5 Å². The highest BCUT2D eigenvalue weighted by molar-refractivity contribution is 5.87. The summed E-state index contributed by atoms with van der Waals surface area (Å²) in [6, 6.07) is 6.53. The normalized spacial score (nSPS) is 12.2. The van der Waals surface area contributed by atoms with Gasteiger partial charge in [-0.05, 0) is 26.8 Å². The number of hydrogen-bond acceptors (Lipinski definition) is 4. The van der Waals surface area contributed by atoms with E-state index in [2.05, 4.69) is 5.32 Å². The molecule has 0 aliphatic rings. The summed E-state index contributed by atoms with van der Waals surface area (Å²) in [6.07, 6.45) is -0.0725. The van der Waals surface area contributed by atoms with Crippen LogP contribution in [-0.2, 0) is 14.4 Å². The zero-order valence-corrected chi connectivity index (χ0v) is 15.3. The zero-order chi connectivity index (χ0) is 19.2. The van der Waals surface area contributed by atoms with E-state index in [4.69, 9.17) is 4.74 Å². The van der Waals surface area contributed by atoms with Crippen molar-refractivity contribution in [1.29, 1.82) is 0 Å². The SMILES string of the molecule is CCOc1ccccc1C(CC(=O)N(C)C(C)(C)C(=O)O)NC(C)=O. The van der Waals surface area contributed by atoms with Gasteiger partial charge < -0.3 is 20.1 Å². The number of benzene rings is 1. The molecule has 1 aromatic rings. The highest BCUT2D eigenvalue weighted by Gasteiger charge is 2.36. The van der Waals surface area contributed by atoms with Gasteiger partial charge in [0.2, 0.25) is 11.8 Å². The van der Waals surface area contributed by atoms with Gasteiger partial charge in [0.05, 0.1) is 19.1 Å². The third kappa shape index (κ3) is 5.20. The van der Waals surface area contributed by atoms with Gasteiger partial charge in [-0.3, -0.25) is 9.59 Å². The molecule has 0 aromatic heterocycles. The zero-order valence-electron chi connectivity index (χ0n) is 15.3. The molecule has 138 valence electrons. The number of nitrogens with one attached hydrogen (secondary N) is 1. The monoisotopic (exact) mass is 350 g/mol. The van der Waals surface area contributed by atoms with Crippen LogP contribution >= 0.6 is 0 Å². The summed E-state index contributed by atoms with van der Waals surface area (Å²) in [5.74, 6) is -1.20. The Hall–Kier alpha value is -2.57. The average Bonchev–Trinajstić information content (AvgIpc) is 2.53. The maximum atomic E-state index is 12.6. The van der Waals surface area contributed by atoms with E-state index >= 15 is 0 Å². The number of rotatable bonds is 8. The number of carbonyl (C=O) groups excluding carboxylic acids is 2. The summed E-state index contributed by atoms with van der Waals surface area (Å²) >= 11 is 0. The van der Waals surface area contributed by atoms with Crippen molar-refractivity contribution in [3.05, 3.63) is 29.8 Å². The molecule has 0 aliphatic heterocycles. The minimum absolute atomic E-state index is 0.0725. The number of carboxylic acids is 1. The summed E-state index contributed by atoms with van der Waals surface area (Å²) in [4.78, 5) is 36.7. The van der Waals surface area contributed by atoms with Crippen LogP contribution in [-0.4, -0.2) is 47.0 Å². The number of carboxylic acid groups (broad SMARTS) is 1. The van der Waals surface area contributed by atoms with Crippen molar-refractivity contribution in [3.8, 4) is 5.75 Å². The van der Waals surface area contributed by atoms with Gasteiger partial charge >= 0.3 is 5.97 Å². The number of amides is 2. The van der Waals surface area contributed by atoms with Crippen molar-refractivity contribution < 1.29 is 24.2 Å². The fraction of sp³-hybridized carbons (Fsp3) is 0.500. The molecular weight excluding hydrogens is 324 g/mol. The van der Waals surface area contributed by atoms with Gasteiger partial charge in [-0.15, -0.1) is 0 Å². The average molecular weight is 350 g/mol. The molecular formula is C18H26N2O5. The van der Waals surface area contributed by atoms with Gasteiger partial charge in [0.1, 0.15) is 11.3 Å². The van der Waals surface area contributed by atoms with Crippen molar-refractivity contribution in [2.24, 2.45) is 0 Å². The molecule has 0 saturated carbocycles. The number of nitrogens with zero attached hydrogens (tertiary/aromatic N) is 1. The topological polar surface area (TPSA) is 95.9 Å². The standard InChI is InChI=1S/C18H26N2O5/c1-6-25-15-10-8-7-9-13(15)14(19-12(2)21)11-16(22)20(5)18(3,4)17(23)24/h7-10,14H,6,11H2,1-5H3,(H,19,21)(H,23,24). The molecule has 2 N–H and O–H groups in total. The fourth-order valence-corrected chi connectivity index (χ4v) is 2.31. The molecule has 0 saturated heterocycles. The number of likely N-dealkylation sites (N-methyl/N-ethyl adjacent to an activating group) is 1. The number of carbonyl (C=O) groups is 3. The highest BCUT2D eigenvalue weighted by atomic mass is 16.5. The fourth-order valence-electron chi connectivity index (χ4n) is 2.31. The number of ether oxygens (including phenoxy) is 1. The first-order valence-corrected chi connectivity index (χ1v) is 8.10. The molecule has 7 nitrogen and oxygen atoms in total. The van der Waals surface area contributed by atoms with Crippen LogP contribution in [0.5, 0.6) is 5.75 Å². The molecule has 25 heavy (non-hydrogen) atoms. The van der Waals surface area contributed by atoms with Crippen LogP contribution in [0.3, 0.4) is 0 Å². The van der Waals surface area contributed by atoms with E-state index < -0.39 is 23.5 Å². The Morgan fingerprint density at radius 2 is 1.88 bits per heavy atom. The van der Waals surface area contributed by atoms with Crippen LogP contribution in [0.15, 0.2) is 24.3 Å². The molecule has 0 aliphatic carbocycles. The van der Waals surface area contributed by atoms with E-state index in [0.29, 0.717) is 17.9 Å². The molecule has 1 aromatic carbocycles. The Balaban J connectivity index is 3.11. The molecule has 7 heteroatoms. The Morgan fingerprint density at radius 3 is 2.40 bits per heavy atom. The van der Waals surface area contributed by atoms with Crippen LogP contribution in [0.25, 0.3) is 0 Å². The lowest BCUT2D eigenvalue weighted by Crippen LogP contribution is -2.51. The third-order valence-corrected chi connectivity index (χ3v) is 4.09. The summed E-state index contributed by atoms with van der Waals surface area (Å²) in [5.41, 5.74) is -0.675. The van der Waals surface area contributed by atoms with Crippen molar-refractivity contribution in [2.45, 2.75) is 45.7 Å². The number of aliphatic carboxylic acids is 1. The van der Waals surface area contributed by atoms with Crippen LogP contribution < -0.4 is 10.1 Å². The second-order valence-electron chi connectivity index (χ2n) is 6.24. The molecule has 0 radical (unpaired) electrons. The molecule has 2 amide bonds. The van der Waals surface area contributed by atoms with Crippen molar-refractivity contribution in [2.75, 3.05) is 13.7 Å². The third-order valence-electron chi connectivity index (χ3n) is 4.09. The van der Waals surface area contributed by atoms with Gasteiger partial charge in [0.15, 0.2) is 0 Å². The quantitative estimate of drug-likeness (QED) is 0.747. The Kier molecular flexibility index (Phi) is 6.97. The Morgan fingerprint density at radius 1 is 1.28 bits per heavy atom. The lowest BCUT2D eigenvalue weighted by Gasteiger charge is -2.33. The molecule has 0 spiro atoms. The van der Waals surface area contributed by atoms with E-state index in [1.807, 2.05) is 6.92 Å². The second-order valence-corrected chi connectivity index (χ2v) is 6.24. The van der Waals surface area contributed by atoms with Crippen LogP contribution in [0.1, 0.15) is 45.7 Å². The second kappa shape index (κ2) is 8.50. The van der Waals surface area contributed by atoms with Gasteiger partial charge in [-0.25, -0.2) is 4.79 Å². The van der Waals surface area contributed by atoms with Gasteiger partial charge in [-0.2, -0.15) is 0 Å². The van der Waals surface area contributed by atoms with Crippen molar-refractivity contribution in [1.82, 2.24) is 10.2 Å². The van der Waals surface area contributed by atoms with E-state index in [0.717, 1.165) is 0 Å². The first kappa shape index (κ1) is 20.5. The van der Waals surface area contributed by atoms with E-state index in [-0.39, 0.29) is 12.3 Å². The smallest absolute Gasteiger partial charge is 0.329 e. The van der Waals surface area contributed by atoms with Gasteiger partial charge in [-0.1, -0.05) is 18.2 Å². The Bertz CT molecular complexity index is 642. The van der Waals surface area contributed by atoms with E-state index in [9.17, 15) is 19.5 Å².